The lowest BCUT2D eigenvalue weighted by Gasteiger charge is -2.07. The molecule has 0 spiro atoms. The SMILES string of the molecule is Cc1cccc(NC(=O)CC(=O)NCCCn2cccc2)c1. The normalized spacial score (nSPS) is 10.2. The molecule has 0 saturated heterocycles. The summed E-state index contributed by atoms with van der Waals surface area (Å²) in [5.41, 5.74) is 1.78. The van der Waals surface area contributed by atoms with E-state index >= 15 is 0 Å². The second-order valence-corrected chi connectivity index (χ2v) is 5.22. The van der Waals surface area contributed by atoms with Gasteiger partial charge in [0.1, 0.15) is 6.42 Å². The van der Waals surface area contributed by atoms with E-state index in [1.54, 1.807) is 6.07 Å². The third-order valence-electron chi connectivity index (χ3n) is 3.20. The van der Waals surface area contributed by atoms with Crippen LogP contribution in [-0.4, -0.2) is 22.9 Å². The second kappa shape index (κ2) is 8.02. The number of hydrogen-bond donors (Lipinski definition) is 2. The summed E-state index contributed by atoms with van der Waals surface area (Å²) in [4.78, 5) is 23.5. The van der Waals surface area contributed by atoms with Crippen LogP contribution in [0, 0.1) is 6.92 Å². The van der Waals surface area contributed by atoms with Crippen LogP contribution in [0.2, 0.25) is 0 Å². The standard InChI is InChI=1S/C17H21N3O2/c1-14-6-4-7-15(12-14)19-17(22)13-16(21)18-8-5-11-20-9-2-3-10-20/h2-4,6-7,9-10,12H,5,8,11,13H2,1H3,(H,18,21)(H,19,22). The molecule has 2 N–H and O–H groups in total. The summed E-state index contributed by atoms with van der Waals surface area (Å²) in [6.45, 7) is 3.37. The molecule has 5 nitrogen and oxygen atoms in total. The average molecular weight is 299 g/mol. The highest BCUT2D eigenvalue weighted by molar-refractivity contribution is 6.03. The molecule has 2 aromatic rings. The molecule has 116 valence electrons. The number of aromatic nitrogens is 1. The van der Waals surface area contributed by atoms with Crippen molar-refractivity contribution in [2.45, 2.75) is 26.3 Å². The number of amides is 2. The molecule has 0 radical (unpaired) electrons. The van der Waals surface area contributed by atoms with Crippen molar-refractivity contribution in [2.24, 2.45) is 0 Å². The molecule has 0 aliphatic carbocycles. The van der Waals surface area contributed by atoms with Gasteiger partial charge in [0.15, 0.2) is 0 Å². The van der Waals surface area contributed by atoms with Crippen LogP contribution < -0.4 is 10.6 Å². The molecule has 0 bridgehead atoms. The van der Waals surface area contributed by atoms with Crippen LogP contribution in [0.1, 0.15) is 18.4 Å². The van der Waals surface area contributed by atoms with Crippen LogP contribution >= 0.6 is 0 Å². The van der Waals surface area contributed by atoms with Crippen molar-refractivity contribution < 1.29 is 9.59 Å². The quantitative estimate of drug-likeness (QED) is 0.609. The second-order valence-electron chi connectivity index (χ2n) is 5.22. The molecule has 22 heavy (non-hydrogen) atoms. The Morgan fingerprint density at radius 1 is 1.09 bits per heavy atom. The highest BCUT2D eigenvalue weighted by atomic mass is 16.2. The van der Waals surface area contributed by atoms with Crippen molar-refractivity contribution >= 4 is 17.5 Å². The smallest absolute Gasteiger partial charge is 0.233 e. The van der Waals surface area contributed by atoms with E-state index in [4.69, 9.17) is 0 Å². The van der Waals surface area contributed by atoms with E-state index in [9.17, 15) is 9.59 Å². The Morgan fingerprint density at radius 2 is 1.86 bits per heavy atom. The van der Waals surface area contributed by atoms with Crippen molar-refractivity contribution in [3.05, 3.63) is 54.4 Å². The Morgan fingerprint density at radius 3 is 2.59 bits per heavy atom. The summed E-state index contributed by atoms with van der Waals surface area (Å²) in [7, 11) is 0. The van der Waals surface area contributed by atoms with E-state index in [0.717, 1.165) is 18.5 Å². The fraction of sp³-hybridized carbons (Fsp3) is 0.294. The Bertz CT molecular complexity index is 621. The fourth-order valence-electron chi connectivity index (χ4n) is 2.15. The predicted octanol–water partition coefficient (Wildman–Crippen LogP) is 2.33. The Kier molecular flexibility index (Phi) is 5.77. The van der Waals surface area contributed by atoms with Crippen molar-refractivity contribution in [3.8, 4) is 0 Å². The molecule has 1 aromatic carbocycles. The van der Waals surface area contributed by atoms with Crippen LogP contribution in [0.15, 0.2) is 48.8 Å². The van der Waals surface area contributed by atoms with Gasteiger partial charge in [-0.25, -0.2) is 0 Å². The van der Waals surface area contributed by atoms with Crippen molar-refractivity contribution in [2.75, 3.05) is 11.9 Å². The molecule has 0 aliphatic heterocycles. The minimum atomic E-state index is -0.298. The Hall–Kier alpha value is -2.56. The zero-order valence-corrected chi connectivity index (χ0v) is 12.7. The molecule has 2 rings (SSSR count). The van der Waals surface area contributed by atoms with Crippen LogP contribution in [-0.2, 0) is 16.1 Å². The fourth-order valence-corrected chi connectivity index (χ4v) is 2.15. The predicted molar refractivity (Wildman–Crippen MR) is 86.5 cm³/mol. The summed E-state index contributed by atoms with van der Waals surface area (Å²) in [5, 5.41) is 5.48. The molecule has 0 aliphatic rings. The maximum atomic E-state index is 11.8. The van der Waals surface area contributed by atoms with Gasteiger partial charge in [-0.3, -0.25) is 9.59 Å². The number of nitrogens with zero attached hydrogens (tertiary/aromatic N) is 1. The summed E-state index contributed by atoms with van der Waals surface area (Å²) < 4.78 is 2.05. The molecular weight excluding hydrogens is 278 g/mol. The zero-order valence-electron chi connectivity index (χ0n) is 12.7. The van der Waals surface area contributed by atoms with Gasteiger partial charge in [0.2, 0.25) is 11.8 Å². The van der Waals surface area contributed by atoms with E-state index in [2.05, 4.69) is 15.2 Å². The van der Waals surface area contributed by atoms with Crippen LogP contribution in [0.25, 0.3) is 0 Å². The molecule has 5 heteroatoms. The van der Waals surface area contributed by atoms with Crippen molar-refractivity contribution in [1.82, 2.24) is 9.88 Å². The van der Waals surface area contributed by atoms with Crippen molar-refractivity contribution in [1.29, 1.82) is 0 Å². The minimum Gasteiger partial charge on any atom is -0.356 e. The first kappa shape index (κ1) is 15.8. The van der Waals surface area contributed by atoms with E-state index < -0.39 is 0 Å². The summed E-state index contributed by atoms with van der Waals surface area (Å²) >= 11 is 0. The maximum Gasteiger partial charge on any atom is 0.233 e. The summed E-state index contributed by atoms with van der Waals surface area (Å²) in [6, 6.07) is 11.4. The lowest BCUT2D eigenvalue weighted by molar-refractivity contribution is -0.126. The third-order valence-corrected chi connectivity index (χ3v) is 3.20. The van der Waals surface area contributed by atoms with Gasteiger partial charge in [0, 0.05) is 31.2 Å². The summed E-state index contributed by atoms with van der Waals surface area (Å²) in [5.74, 6) is -0.550. The van der Waals surface area contributed by atoms with Crippen LogP contribution in [0.4, 0.5) is 5.69 Å². The van der Waals surface area contributed by atoms with Gasteiger partial charge < -0.3 is 15.2 Å². The molecule has 0 unspecified atom stereocenters. The first-order valence-corrected chi connectivity index (χ1v) is 7.37. The number of carbonyl (C=O) groups is 2. The minimum absolute atomic E-state index is 0.155. The van der Waals surface area contributed by atoms with Crippen LogP contribution in [0.3, 0.4) is 0 Å². The number of carbonyl (C=O) groups excluding carboxylic acids is 2. The molecule has 2 amide bonds. The number of anilines is 1. The van der Waals surface area contributed by atoms with Gasteiger partial charge in [-0.1, -0.05) is 12.1 Å². The van der Waals surface area contributed by atoms with E-state index in [0.29, 0.717) is 12.2 Å². The topological polar surface area (TPSA) is 63.1 Å². The Balaban J connectivity index is 1.64. The van der Waals surface area contributed by atoms with E-state index in [-0.39, 0.29) is 18.2 Å². The first-order chi connectivity index (χ1) is 10.6. The molecule has 0 saturated carbocycles. The van der Waals surface area contributed by atoms with Crippen molar-refractivity contribution in [3.63, 3.8) is 0 Å². The van der Waals surface area contributed by atoms with Gasteiger partial charge in [0.05, 0.1) is 0 Å². The molecule has 1 heterocycles. The average Bonchev–Trinajstić information content (AvgIpc) is 2.96. The van der Waals surface area contributed by atoms with E-state index in [1.165, 1.54) is 0 Å². The number of aryl methyl sites for hydroxylation is 2. The highest BCUT2D eigenvalue weighted by Gasteiger charge is 2.09. The van der Waals surface area contributed by atoms with E-state index in [1.807, 2.05) is 49.6 Å². The number of rotatable bonds is 7. The lowest BCUT2D eigenvalue weighted by atomic mass is 10.2. The molecule has 1 aromatic heterocycles. The van der Waals surface area contributed by atoms with Gasteiger partial charge >= 0.3 is 0 Å². The first-order valence-electron chi connectivity index (χ1n) is 7.37. The molecule has 0 atom stereocenters. The van der Waals surface area contributed by atoms with Gasteiger partial charge in [0.25, 0.3) is 0 Å². The zero-order chi connectivity index (χ0) is 15.8. The number of nitrogens with one attached hydrogen (secondary N) is 2. The molecule has 0 fully saturated rings. The lowest BCUT2D eigenvalue weighted by Crippen LogP contribution is -2.29. The number of benzene rings is 1. The maximum absolute atomic E-state index is 11.8. The monoisotopic (exact) mass is 299 g/mol. The largest absolute Gasteiger partial charge is 0.356 e. The third kappa shape index (κ3) is 5.44. The van der Waals surface area contributed by atoms with Gasteiger partial charge in [-0.15, -0.1) is 0 Å². The number of hydrogen-bond acceptors (Lipinski definition) is 2. The molecular formula is C17H21N3O2. The summed E-state index contributed by atoms with van der Waals surface area (Å²) in [6.07, 6.45) is 4.64. The van der Waals surface area contributed by atoms with Gasteiger partial charge in [-0.05, 0) is 43.2 Å². The Labute approximate surface area is 130 Å². The highest BCUT2D eigenvalue weighted by Crippen LogP contribution is 2.09. The van der Waals surface area contributed by atoms with Crippen LogP contribution in [0.5, 0.6) is 0 Å². The van der Waals surface area contributed by atoms with Gasteiger partial charge in [-0.2, -0.15) is 0 Å².